The summed E-state index contributed by atoms with van der Waals surface area (Å²) in [7, 11) is 0. The molecule has 14 heteroatoms. The fourth-order valence-corrected chi connectivity index (χ4v) is 3.36. The summed E-state index contributed by atoms with van der Waals surface area (Å²) in [5.41, 5.74) is 11.7. The molecule has 184 valence electrons. The summed E-state index contributed by atoms with van der Waals surface area (Å²) in [6.45, 7) is 0.632. The predicted molar refractivity (Wildman–Crippen MR) is 117 cm³/mol. The van der Waals surface area contributed by atoms with Crippen molar-refractivity contribution in [3.05, 3.63) is 32.9 Å². The maximum Gasteiger partial charge on any atom is 0.320 e. The molecule has 0 radical (unpaired) electrons. The highest BCUT2D eigenvalue weighted by atomic mass is 16.4. The van der Waals surface area contributed by atoms with Gasteiger partial charge in [-0.25, -0.2) is 9.13 Å². The minimum Gasteiger partial charge on any atom is -0.480 e. The van der Waals surface area contributed by atoms with Crippen molar-refractivity contribution in [2.45, 2.75) is 82.2 Å². The summed E-state index contributed by atoms with van der Waals surface area (Å²) >= 11 is 0. The molecule has 14 nitrogen and oxygen atoms in total. The number of nitrogens with zero attached hydrogens (tertiary/aromatic N) is 5. The van der Waals surface area contributed by atoms with Crippen molar-refractivity contribution in [3.63, 3.8) is 0 Å². The monoisotopic (exact) mass is 470 g/mol. The number of aliphatic carboxylic acids is 2. The van der Waals surface area contributed by atoms with Crippen LogP contribution in [0.5, 0.6) is 0 Å². The fourth-order valence-electron chi connectivity index (χ4n) is 3.36. The van der Waals surface area contributed by atoms with Crippen LogP contribution in [0.15, 0.2) is 28.1 Å². The lowest BCUT2D eigenvalue weighted by molar-refractivity contribution is -0.704. The van der Waals surface area contributed by atoms with Gasteiger partial charge in [-0.1, -0.05) is 15.5 Å². The van der Waals surface area contributed by atoms with Crippen LogP contribution in [0.1, 0.15) is 44.2 Å². The first-order chi connectivity index (χ1) is 15.7. The largest absolute Gasteiger partial charge is 0.480 e. The third-order valence-corrected chi connectivity index (χ3v) is 5.35. The van der Waals surface area contributed by atoms with E-state index in [0.29, 0.717) is 57.3 Å². The highest BCUT2D eigenvalue weighted by Gasteiger charge is 2.28. The standard InChI is InChI=1S/C19H31N7O7/c20-14(18(27)28)5-1-3-7-25-11-13(9-16(23-32)17(24-33)10-22-31)26(12-25)8-4-2-6-15(21)19(29)30/h11-12,14-17H,1-10,20-21H2,(H-,27,28,29,30)/p+1. The highest BCUT2D eigenvalue weighted by Crippen LogP contribution is 2.12. The van der Waals surface area contributed by atoms with Gasteiger partial charge in [0.1, 0.15) is 42.6 Å². The van der Waals surface area contributed by atoms with Crippen molar-refractivity contribution in [1.82, 2.24) is 4.57 Å². The number of unbranched alkanes of at least 4 members (excludes halogenated alkanes) is 2. The first kappa shape index (κ1) is 27.9. The van der Waals surface area contributed by atoms with E-state index in [2.05, 4.69) is 15.5 Å². The molecule has 0 aliphatic heterocycles. The Kier molecular flexibility index (Phi) is 12.5. The molecule has 0 spiro atoms. The van der Waals surface area contributed by atoms with Crippen LogP contribution in [0.4, 0.5) is 0 Å². The molecule has 6 N–H and O–H groups in total. The van der Waals surface area contributed by atoms with Crippen LogP contribution in [0.3, 0.4) is 0 Å². The summed E-state index contributed by atoms with van der Waals surface area (Å²) in [4.78, 5) is 54.5. The number of rotatable bonds is 19. The van der Waals surface area contributed by atoms with Crippen molar-refractivity contribution in [2.75, 3.05) is 6.54 Å². The molecule has 0 bridgehead atoms. The van der Waals surface area contributed by atoms with Gasteiger partial charge in [0.25, 0.3) is 0 Å². The molecule has 0 saturated heterocycles. The first-order valence-electron chi connectivity index (χ1n) is 10.7. The molecule has 1 rings (SSSR count). The second-order valence-corrected chi connectivity index (χ2v) is 7.91. The number of nitroso groups, excluding NO2 is 3. The Bertz CT molecular complexity index is 801. The highest BCUT2D eigenvalue weighted by molar-refractivity contribution is 5.73. The minimum absolute atomic E-state index is 0.0704. The zero-order valence-electron chi connectivity index (χ0n) is 18.4. The molecule has 1 heterocycles. The number of imidazole rings is 1. The lowest BCUT2D eigenvalue weighted by Gasteiger charge is -2.11. The Morgan fingerprint density at radius 1 is 0.939 bits per heavy atom. The van der Waals surface area contributed by atoms with Gasteiger partial charge in [0.2, 0.25) is 6.33 Å². The summed E-state index contributed by atoms with van der Waals surface area (Å²) in [5.74, 6) is -2.11. The van der Waals surface area contributed by atoms with Gasteiger partial charge in [-0.2, -0.15) is 14.7 Å². The predicted octanol–water partition coefficient (Wildman–Crippen LogP) is 0.519. The normalized spacial score (nSPS) is 14.7. The Morgan fingerprint density at radius 2 is 1.52 bits per heavy atom. The van der Waals surface area contributed by atoms with Gasteiger partial charge >= 0.3 is 11.9 Å². The Balaban J connectivity index is 2.85. The molecule has 33 heavy (non-hydrogen) atoms. The third-order valence-electron chi connectivity index (χ3n) is 5.35. The minimum atomic E-state index is -1.16. The first-order valence-corrected chi connectivity index (χ1v) is 10.7. The second-order valence-electron chi connectivity index (χ2n) is 7.91. The van der Waals surface area contributed by atoms with E-state index >= 15 is 0 Å². The molecule has 0 saturated carbocycles. The smallest absolute Gasteiger partial charge is 0.320 e. The number of hydrogen-bond acceptors (Lipinski definition) is 10. The van der Waals surface area contributed by atoms with Gasteiger partial charge in [-0.05, 0) is 38.5 Å². The van der Waals surface area contributed by atoms with Crippen LogP contribution in [-0.2, 0) is 29.1 Å². The van der Waals surface area contributed by atoms with Gasteiger partial charge in [-0.15, -0.1) is 0 Å². The van der Waals surface area contributed by atoms with Crippen LogP contribution in [0.2, 0.25) is 0 Å². The van der Waals surface area contributed by atoms with Crippen molar-refractivity contribution in [2.24, 2.45) is 27.0 Å². The molecule has 0 aromatic carbocycles. The van der Waals surface area contributed by atoms with Crippen LogP contribution >= 0.6 is 0 Å². The number of nitrogens with two attached hydrogens (primary N) is 2. The quantitative estimate of drug-likeness (QED) is 0.125. The van der Waals surface area contributed by atoms with E-state index in [1.807, 2.05) is 15.5 Å². The lowest BCUT2D eigenvalue weighted by atomic mass is 10.0. The van der Waals surface area contributed by atoms with Gasteiger partial charge in [0, 0.05) is 6.42 Å². The van der Waals surface area contributed by atoms with E-state index in [-0.39, 0.29) is 6.42 Å². The van der Waals surface area contributed by atoms with Crippen LogP contribution in [-0.4, -0.2) is 57.4 Å². The molecular formula is C19H32N7O7+. The molecule has 0 fully saturated rings. The Labute approximate surface area is 190 Å². The number of carboxylic acids is 2. The average molecular weight is 471 g/mol. The van der Waals surface area contributed by atoms with E-state index in [1.54, 1.807) is 6.20 Å². The fraction of sp³-hybridized carbons (Fsp3) is 0.737. The number of carboxylic acid groups (broad SMARTS) is 2. The average Bonchev–Trinajstić information content (AvgIpc) is 3.17. The molecule has 1 aromatic heterocycles. The van der Waals surface area contributed by atoms with Crippen molar-refractivity contribution < 1.29 is 24.4 Å². The van der Waals surface area contributed by atoms with Gasteiger partial charge in [-0.3, -0.25) is 9.59 Å². The van der Waals surface area contributed by atoms with Crippen LogP contribution in [0.25, 0.3) is 0 Å². The zero-order valence-corrected chi connectivity index (χ0v) is 18.4. The number of aromatic nitrogens is 2. The summed E-state index contributed by atoms with van der Waals surface area (Å²) in [5, 5.41) is 26.1. The third kappa shape index (κ3) is 9.91. The summed E-state index contributed by atoms with van der Waals surface area (Å²) in [6.07, 6.45) is 6.80. The van der Waals surface area contributed by atoms with E-state index in [1.165, 1.54) is 0 Å². The van der Waals surface area contributed by atoms with Crippen LogP contribution in [0, 0.1) is 14.7 Å². The second kappa shape index (κ2) is 14.8. The van der Waals surface area contributed by atoms with Crippen molar-refractivity contribution in [3.8, 4) is 0 Å². The molecule has 4 atom stereocenters. The van der Waals surface area contributed by atoms with Gasteiger partial charge in [0.15, 0.2) is 0 Å². The molecule has 0 aliphatic rings. The summed E-state index contributed by atoms with van der Waals surface area (Å²) in [6, 6.07) is -4.07. The molecule has 0 aliphatic carbocycles. The molecule has 0 amide bonds. The van der Waals surface area contributed by atoms with E-state index in [4.69, 9.17) is 21.7 Å². The Morgan fingerprint density at radius 3 is 2.03 bits per heavy atom. The maximum absolute atomic E-state index is 11.3. The SMILES string of the molecule is NC(CCCCn1cc(CC(N=O)C(CN=O)N=O)[n+](CCCCC(N)C(=O)O)c1)C(=O)O. The van der Waals surface area contributed by atoms with Crippen LogP contribution < -0.4 is 16.0 Å². The van der Waals surface area contributed by atoms with Crippen molar-refractivity contribution in [1.29, 1.82) is 0 Å². The number of aryl methyl sites for hydroxylation is 2. The molecule has 1 aromatic rings. The van der Waals surface area contributed by atoms with E-state index in [0.717, 1.165) is 0 Å². The maximum atomic E-state index is 11.3. The topological polar surface area (TPSA) is 224 Å². The van der Waals surface area contributed by atoms with E-state index in [9.17, 15) is 24.3 Å². The number of carbonyl (C=O) groups is 2. The van der Waals surface area contributed by atoms with E-state index < -0.39 is 42.7 Å². The van der Waals surface area contributed by atoms with Crippen molar-refractivity contribution >= 4 is 11.9 Å². The molecular weight excluding hydrogens is 438 g/mol. The molecule has 4 unspecified atom stereocenters. The zero-order chi connectivity index (χ0) is 24.8. The van der Waals surface area contributed by atoms with Gasteiger partial charge < -0.3 is 21.7 Å². The Hall–Kier alpha value is -3.13. The number of hydrogen-bond donors (Lipinski definition) is 4. The lowest BCUT2D eigenvalue weighted by Crippen LogP contribution is -2.39. The van der Waals surface area contributed by atoms with Gasteiger partial charge in [0.05, 0.1) is 13.1 Å². The summed E-state index contributed by atoms with van der Waals surface area (Å²) < 4.78 is 3.73.